The number of nitrogens with one attached hydrogen (secondary N) is 2. The predicted molar refractivity (Wildman–Crippen MR) is 82.9 cm³/mol. The Hall–Kier alpha value is -1.06. The number of carbonyl (C=O) groups excluding carboxylic acids is 1. The van der Waals surface area contributed by atoms with Crippen molar-refractivity contribution in [1.29, 1.82) is 0 Å². The summed E-state index contributed by atoms with van der Waals surface area (Å²) in [7, 11) is 0. The van der Waals surface area contributed by atoms with Crippen molar-refractivity contribution in [3.05, 3.63) is 35.9 Å². The summed E-state index contributed by atoms with van der Waals surface area (Å²) in [5.41, 5.74) is 1.22. The largest absolute Gasteiger partial charge is 0.355 e. The number of amides is 1. The maximum Gasteiger partial charge on any atom is 0.220 e. The second-order valence-corrected chi connectivity index (χ2v) is 4.62. The summed E-state index contributed by atoms with van der Waals surface area (Å²) in [6.45, 7) is 6.79. The van der Waals surface area contributed by atoms with Crippen molar-refractivity contribution in [2.75, 3.05) is 19.6 Å². The van der Waals surface area contributed by atoms with Gasteiger partial charge in [0.2, 0.25) is 5.91 Å². The van der Waals surface area contributed by atoms with Gasteiger partial charge in [-0.15, -0.1) is 12.4 Å². The number of benzene rings is 1. The smallest absolute Gasteiger partial charge is 0.220 e. The van der Waals surface area contributed by atoms with Crippen LogP contribution < -0.4 is 10.6 Å². The van der Waals surface area contributed by atoms with Crippen LogP contribution in [0.5, 0.6) is 0 Å². The summed E-state index contributed by atoms with van der Waals surface area (Å²) >= 11 is 0. The number of hydrogen-bond acceptors (Lipinski definition) is 2. The van der Waals surface area contributed by atoms with E-state index in [4.69, 9.17) is 0 Å². The Labute approximate surface area is 122 Å². The minimum Gasteiger partial charge on any atom is -0.355 e. The molecule has 0 aliphatic heterocycles. The minimum atomic E-state index is 0. The first-order chi connectivity index (χ1) is 8.74. The highest BCUT2D eigenvalue weighted by Crippen LogP contribution is 2.17. The molecule has 0 saturated carbocycles. The molecule has 1 unspecified atom stereocenters. The molecule has 1 aromatic rings. The van der Waals surface area contributed by atoms with Crippen LogP contribution in [0.2, 0.25) is 0 Å². The van der Waals surface area contributed by atoms with Gasteiger partial charge in [-0.1, -0.05) is 44.2 Å². The van der Waals surface area contributed by atoms with Gasteiger partial charge in [0.1, 0.15) is 0 Å². The normalized spacial score (nSPS) is 11.5. The summed E-state index contributed by atoms with van der Waals surface area (Å²) in [4.78, 5) is 11.7. The van der Waals surface area contributed by atoms with Crippen molar-refractivity contribution in [1.82, 2.24) is 10.6 Å². The third-order valence-electron chi connectivity index (χ3n) is 2.91. The van der Waals surface area contributed by atoms with Crippen LogP contribution >= 0.6 is 12.4 Å². The van der Waals surface area contributed by atoms with Crippen LogP contribution in [0.3, 0.4) is 0 Å². The number of hydrogen-bond donors (Lipinski definition) is 2. The minimum absolute atomic E-state index is 0. The van der Waals surface area contributed by atoms with E-state index in [1.54, 1.807) is 0 Å². The summed E-state index contributed by atoms with van der Waals surface area (Å²) in [5, 5.41) is 6.20. The lowest BCUT2D eigenvalue weighted by Crippen LogP contribution is -2.32. The molecule has 0 aliphatic rings. The Bertz CT molecular complexity index is 343. The zero-order valence-corrected chi connectivity index (χ0v) is 12.6. The van der Waals surface area contributed by atoms with Crippen LogP contribution in [0.15, 0.2) is 30.3 Å². The molecule has 0 radical (unpaired) electrons. The molecule has 4 heteroatoms. The second kappa shape index (κ2) is 10.8. The average Bonchev–Trinajstić information content (AvgIpc) is 2.39. The van der Waals surface area contributed by atoms with E-state index in [0.717, 1.165) is 19.5 Å². The van der Waals surface area contributed by atoms with Crippen LogP contribution in [0.4, 0.5) is 0 Å². The molecule has 1 atom stereocenters. The lowest BCUT2D eigenvalue weighted by molar-refractivity contribution is -0.121. The van der Waals surface area contributed by atoms with Crippen LogP contribution in [0, 0.1) is 0 Å². The van der Waals surface area contributed by atoms with E-state index in [-0.39, 0.29) is 24.2 Å². The molecular weight excluding hydrogens is 260 g/mol. The first kappa shape index (κ1) is 17.9. The molecular formula is C15H25ClN2O. The quantitative estimate of drug-likeness (QED) is 0.721. The maximum absolute atomic E-state index is 11.7. The average molecular weight is 285 g/mol. The highest BCUT2D eigenvalue weighted by atomic mass is 35.5. The summed E-state index contributed by atoms with van der Waals surface area (Å²) in [5.74, 6) is 0.402. The first-order valence-electron chi connectivity index (χ1n) is 6.76. The van der Waals surface area contributed by atoms with Gasteiger partial charge in [-0.25, -0.2) is 0 Å². The van der Waals surface area contributed by atoms with E-state index in [0.29, 0.717) is 13.0 Å². The van der Waals surface area contributed by atoms with Gasteiger partial charge in [0.05, 0.1) is 0 Å². The van der Waals surface area contributed by atoms with Crippen molar-refractivity contribution in [2.45, 2.75) is 32.6 Å². The van der Waals surface area contributed by atoms with Crippen LogP contribution in [-0.2, 0) is 4.79 Å². The van der Waals surface area contributed by atoms with Gasteiger partial charge in [0, 0.05) is 19.5 Å². The van der Waals surface area contributed by atoms with Crippen LogP contribution in [0.25, 0.3) is 0 Å². The molecule has 0 saturated heterocycles. The molecule has 0 fully saturated rings. The Morgan fingerprint density at radius 2 is 1.84 bits per heavy atom. The standard InChI is InChI=1S/C15H24N2O.ClH/c1-3-9-16-10-11-17-15(18)12-13(2)14-7-5-4-6-8-14;/h4-8,13,16H,3,9-12H2,1-2H3,(H,17,18);1H. The van der Waals surface area contributed by atoms with Gasteiger partial charge in [-0.3, -0.25) is 4.79 Å². The van der Waals surface area contributed by atoms with Crippen molar-refractivity contribution >= 4 is 18.3 Å². The molecule has 2 N–H and O–H groups in total. The molecule has 0 bridgehead atoms. The highest BCUT2D eigenvalue weighted by molar-refractivity contribution is 5.85. The van der Waals surface area contributed by atoms with Crippen molar-refractivity contribution in [3.8, 4) is 0 Å². The maximum atomic E-state index is 11.7. The van der Waals surface area contributed by atoms with Gasteiger partial charge in [-0.2, -0.15) is 0 Å². The van der Waals surface area contributed by atoms with Gasteiger partial charge in [0.15, 0.2) is 0 Å². The number of rotatable bonds is 8. The van der Waals surface area contributed by atoms with Crippen LogP contribution in [0.1, 0.15) is 38.2 Å². The van der Waals surface area contributed by atoms with Crippen molar-refractivity contribution in [3.63, 3.8) is 0 Å². The number of halogens is 1. The van der Waals surface area contributed by atoms with Crippen molar-refractivity contribution < 1.29 is 4.79 Å². The van der Waals surface area contributed by atoms with E-state index in [9.17, 15) is 4.79 Å². The molecule has 1 rings (SSSR count). The molecule has 0 aliphatic carbocycles. The Kier molecular flexibility index (Phi) is 10.2. The SMILES string of the molecule is CCCNCCNC(=O)CC(C)c1ccccc1.Cl. The Morgan fingerprint density at radius 3 is 2.47 bits per heavy atom. The molecule has 19 heavy (non-hydrogen) atoms. The van der Waals surface area contributed by atoms with Gasteiger partial charge >= 0.3 is 0 Å². The van der Waals surface area contributed by atoms with Crippen LogP contribution in [-0.4, -0.2) is 25.5 Å². The monoisotopic (exact) mass is 284 g/mol. The molecule has 1 aromatic carbocycles. The van der Waals surface area contributed by atoms with E-state index in [1.165, 1.54) is 5.56 Å². The topological polar surface area (TPSA) is 41.1 Å². The summed E-state index contributed by atoms with van der Waals surface area (Å²) in [6, 6.07) is 10.2. The van der Waals surface area contributed by atoms with E-state index in [2.05, 4.69) is 36.6 Å². The molecule has 0 aromatic heterocycles. The lowest BCUT2D eigenvalue weighted by Gasteiger charge is -2.12. The molecule has 0 spiro atoms. The fourth-order valence-corrected chi connectivity index (χ4v) is 1.84. The molecule has 1 amide bonds. The van der Waals surface area contributed by atoms with Gasteiger partial charge < -0.3 is 10.6 Å². The lowest BCUT2D eigenvalue weighted by atomic mass is 9.98. The molecule has 108 valence electrons. The molecule has 0 heterocycles. The Balaban J connectivity index is 0.00000324. The fourth-order valence-electron chi connectivity index (χ4n) is 1.84. The van der Waals surface area contributed by atoms with Gasteiger partial charge in [-0.05, 0) is 24.4 Å². The zero-order chi connectivity index (χ0) is 13.2. The van der Waals surface area contributed by atoms with E-state index < -0.39 is 0 Å². The van der Waals surface area contributed by atoms with Gasteiger partial charge in [0.25, 0.3) is 0 Å². The van der Waals surface area contributed by atoms with E-state index in [1.807, 2.05) is 18.2 Å². The third kappa shape index (κ3) is 7.85. The number of carbonyl (C=O) groups is 1. The third-order valence-corrected chi connectivity index (χ3v) is 2.91. The zero-order valence-electron chi connectivity index (χ0n) is 11.8. The second-order valence-electron chi connectivity index (χ2n) is 4.62. The summed E-state index contributed by atoms with van der Waals surface area (Å²) < 4.78 is 0. The van der Waals surface area contributed by atoms with Crippen molar-refractivity contribution in [2.24, 2.45) is 0 Å². The fraction of sp³-hybridized carbons (Fsp3) is 0.533. The predicted octanol–water partition coefficient (Wildman–Crippen LogP) is 2.72. The highest BCUT2D eigenvalue weighted by Gasteiger charge is 2.09. The molecule has 3 nitrogen and oxygen atoms in total. The summed E-state index contributed by atoms with van der Waals surface area (Å²) in [6.07, 6.45) is 1.68. The van der Waals surface area contributed by atoms with E-state index >= 15 is 0 Å². The Morgan fingerprint density at radius 1 is 1.16 bits per heavy atom. The first-order valence-corrected chi connectivity index (χ1v) is 6.76.